The smallest absolute Gasteiger partial charge is 0.408 e. The van der Waals surface area contributed by atoms with Crippen LogP contribution in [0.25, 0.3) is 0 Å². The van der Waals surface area contributed by atoms with Gasteiger partial charge in [0.1, 0.15) is 19.3 Å². The summed E-state index contributed by atoms with van der Waals surface area (Å²) in [5.41, 5.74) is 0. The molecule has 0 heterocycles. The fourth-order valence-electron chi connectivity index (χ4n) is 2.24. The first-order valence-corrected chi connectivity index (χ1v) is 10.6. The zero-order valence-corrected chi connectivity index (χ0v) is 20.0. The van der Waals surface area contributed by atoms with Gasteiger partial charge in [-0.1, -0.05) is 11.8 Å². The van der Waals surface area contributed by atoms with Crippen LogP contribution in [0.4, 0.5) is 14.4 Å². The van der Waals surface area contributed by atoms with Crippen molar-refractivity contribution in [2.75, 3.05) is 46.1 Å². The standard InChI is InChI=1S/C22H29N3O11/c1-5-8-34-20(29)23-13-16(19(28)32-7-3)12-18(27)33-10-11-36-22(31)25-17(15(4)26)14-24-21(30)35-9-6-2/h1-2,16-17H,7-14H2,3-4H3,(H,23,29)(H,24,30)(H,25,31). The molecule has 14 nitrogen and oxygen atoms in total. The van der Waals surface area contributed by atoms with Crippen molar-refractivity contribution in [1.82, 2.24) is 16.0 Å². The summed E-state index contributed by atoms with van der Waals surface area (Å²) in [6, 6.07) is -1.11. The molecule has 3 amide bonds. The lowest BCUT2D eigenvalue weighted by molar-refractivity contribution is -0.155. The third-order valence-electron chi connectivity index (χ3n) is 3.91. The molecule has 0 spiro atoms. The summed E-state index contributed by atoms with van der Waals surface area (Å²) in [7, 11) is 0. The highest BCUT2D eigenvalue weighted by atomic mass is 16.6. The number of amides is 3. The maximum absolute atomic E-state index is 12.0. The van der Waals surface area contributed by atoms with E-state index in [1.165, 1.54) is 6.92 Å². The quantitative estimate of drug-likeness (QED) is 0.111. The minimum absolute atomic E-state index is 0.0533. The van der Waals surface area contributed by atoms with E-state index in [1.807, 2.05) is 0 Å². The van der Waals surface area contributed by atoms with Crippen molar-refractivity contribution in [1.29, 1.82) is 0 Å². The van der Waals surface area contributed by atoms with Gasteiger partial charge in [0.25, 0.3) is 0 Å². The fraction of sp³-hybridized carbons (Fsp3) is 0.545. The van der Waals surface area contributed by atoms with E-state index in [-0.39, 0.29) is 46.1 Å². The third-order valence-corrected chi connectivity index (χ3v) is 3.91. The van der Waals surface area contributed by atoms with E-state index in [0.717, 1.165) is 0 Å². The average molecular weight is 511 g/mol. The molecule has 2 atom stereocenters. The Morgan fingerprint density at radius 2 is 1.33 bits per heavy atom. The Balaban J connectivity index is 4.48. The molecule has 0 aromatic rings. The number of carbonyl (C=O) groups excluding carboxylic acids is 6. The molecule has 0 rings (SSSR count). The van der Waals surface area contributed by atoms with Crippen LogP contribution in [-0.4, -0.2) is 88.2 Å². The van der Waals surface area contributed by atoms with Gasteiger partial charge in [-0.05, 0) is 13.8 Å². The van der Waals surface area contributed by atoms with Gasteiger partial charge in [0, 0.05) is 13.1 Å². The van der Waals surface area contributed by atoms with Crippen LogP contribution in [0, 0.1) is 30.6 Å². The summed E-state index contributed by atoms with van der Waals surface area (Å²) in [6.07, 6.45) is 6.73. The molecule has 0 aliphatic rings. The number of carbonyl (C=O) groups is 6. The van der Waals surface area contributed by atoms with Crippen molar-refractivity contribution < 1.29 is 52.5 Å². The second kappa shape index (κ2) is 18.9. The Bertz CT molecular complexity index is 860. The third kappa shape index (κ3) is 15.4. The highest BCUT2D eigenvalue weighted by Crippen LogP contribution is 2.07. The Morgan fingerprint density at radius 1 is 0.778 bits per heavy atom. The van der Waals surface area contributed by atoms with Crippen molar-refractivity contribution in [3.8, 4) is 24.7 Å². The summed E-state index contributed by atoms with van der Waals surface area (Å²) in [5.74, 6) is 1.09. The largest absolute Gasteiger partial charge is 0.466 e. The average Bonchev–Trinajstić information content (AvgIpc) is 2.84. The van der Waals surface area contributed by atoms with Crippen molar-refractivity contribution in [2.24, 2.45) is 5.92 Å². The maximum Gasteiger partial charge on any atom is 0.408 e. The molecule has 0 aliphatic heterocycles. The zero-order chi connectivity index (χ0) is 27.3. The van der Waals surface area contributed by atoms with Gasteiger partial charge in [-0.15, -0.1) is 12.8 Å². The highest BCUT2D eigenvalue weighted by molar-refractivity contribution is 5.86. The summed E-state index contributed by atoms with van der Waals surface area (Å²) in [6.45, 7) is 0.996. The van der Waals surface area contributed by atoms with Gasteiger partial charge >= 0.3 is 30.2 Å². The Kier molecular flexibility index (Phi) is 16.6. The van der Waals surface area contributed by atoms with Gasteiger partial charge < -0.3 is 39.6 Å². The lowest BCUT2D eigenvalue weighted by atomic mass is 10.1. The van der Waals surface area contributed by atoms with E-state index in [4.69, 9.17) is 27.1 Å². The van der Waals surface area contributed by atoms with E-state index >= 15 is 0 Å². The molecule has 0 aromatic heterocycles. The van der Waals surface area contributed by atoms with E-state index in [9.17, 15) is 28.8 Å². The number of rotatable bonds is 15. The zero-order valence-electron chi connectivity index (χ0n) is 20.0. The van der Waals surface area contributed by atoms with Crippen molar-refractivity contribution in [3.05, 3.63) is 0 Å². The van der Waals surface area contributed by atoms with E-state index in [0.29, 0.717) is 0 Å². The van der Waals surface area contributed by atoms with Gasteiger partial charge in [-0.2, -0.15) is 0 Å². The molecule has 3 N–H and O–H groups in total. The number of nitrogens with one attached hydrogen (secondary N) is 3. The summed E-state index contributed by atoms with van der Waals surface area (Å²) >= 11 is 0. The first-order valence-electron chi connectivity index (χ1n) is 10.6. The van der Waals surface area contributed by atoms with E-state index < -0.39 is 54.4 Å². The number of hydrogen-bond acceptors (Lipinski definition) is 11. The summed E-state index contributed by atoms with van der Waals surface area (Å²) in [4.78, 5) is 70.4. The number of esters is 2. The van der Waals surface area contributed by atoms with Crippen LogP contribution in [0.2, 0.25) is 0 Å². The molecule has 2 unspecified atom stereocenters. The van der Waals surface area contributed by atoms with Gasteiger partial charge in [-0.3, -0.25) is 14.4 Å². The van der Waals surface area contributed by atoms with Crippen molar-refractivity contribution in [2.45, 2.75) is 26.3 Å². The molecule has 36 heavy (non-hydrogen) atoms. The first-order chi connectivity index (χ1) is 17.1. The monoisotopic (exact) mass is 511 g/mol. The van der Waals surface area contributed by atoms with Crippen LogP contribution >= 0.6 is 0 Å². The van der Waals surface area contributed by atoms with E-state index in [1.54, 1.807) is 6.92 Å². The minimum atomic E-state index is -1.11. The number of terminal acetylenes is 2. The summed E-state index contributed by atoms with van der Waals surface area (Å²) in [5, 5.41) is 6.77. The molecule has 0 radical (unpaired) electrons. The molecule has 0 fully saturated rings. The van der Waals surface area contributed by atoms with Crippen molar-refractivity contribution >= 4 is 36.0 Å². The predicted molar refractivity (Wildman–Crippen MR) is 121 cm³/mol. The lowest BCUT2D eigenvalue weighted by Gasteiger charge is -2.17. The molecular weight excluding hydrogens is 482 g/mol. The number of ether oxygens (including phenoxy) is 5. The maximum atomic E-state index is 12.0. The molecule has 0 saturated carbocycles. The second-order valence-corrected chi connectivity index (χ2v) is 6.64. The van der Waals surface area contributed by atoms with Gasteiger partial charge in [-0.25, -0.2) is 14.4 Å². The van der Waals surface area contributed by atoms with Gasteiger partial charge in [0.15, 0.2) is 19.0 Å². The van der Waals surface area contributed by atoms with Gasteiger partial charge in [0.05, 0.1) is 18.9 Å². The number of hydrogen-bond donors (Lipinski definition) is 3. The normalized spacial score (nSPS) is 11.2. The van der Waals surface area contributed by atoms with Crippen LogP contribution in [-0.2, 0) is 38.1 Å². The topological polar surface area (TPSA) is 185 Å². The molecule has 0 aliphatic carbocycles. The molecule has 0 aromatic carbocycles. The van der Waals surface area contributed by atoms with Crippen molar-refractivity contribution in [3.63, 3.8) is 0 Å². The minimum Gasteiger partial charge on any atom is -0.466 e. The molecule has 198 valence electrons. The predicted octanol–water partition coefficient (Wildman–Crippen LogP) is -0.498. The number of alkyl carbamates (subject to hydrolysis) is 3. The van der Waals surface area contributed by atoms with Crippen LogP contribution in [0.3, 0.4) is 0 Å². The number of ketones is 1. The first kappa shape index (κ1) is 31.5. The summed E-state index contributed by atoms with van der Waals surface area (Å²) < 4.78 is 23.8. The Hall–Kier alpha value is -4.46. The fourth-order valence-corrected chi connectivity index (χ4v) is 2.24. The van der Waals surface area contributed by atoms with Crippen LogP contribution in [0.15, 0.2) is 0 Å². The van der Waals surface area contributed by atoms with Gasteiger partial charge in [0.2, 0.25) is 0 Å². The van der Waals surface area contributed by atoms with E-state index in [2.05, 4.69) is 37.3 Å². The molecule has 14 heteroatoms. The Morgan fingerprint density at radius 3 is 1.86 bits per heavy atom. The molecule has 0 saturated heterocycles. The second-order valence-electron chi connectivity index (χ2n) is 6.64. The Labute approximate surface area is 208 Å². The SMILES string of the molecule is C#CCOC(=O)NCC(CC(=O)OCCOC(=O)NC(CNC(=O)OCC#C)C(C)=O)C(=O)OCC. The van der Waals surface area contributed by atoms with Crippen LogP contribution in [0.1, 0.15) is 20.3 Å². The highest BCUT2D eigenvalue weighted by Gasteiger charge is 2.25. The molecular formula is C22H29N3O11. The van der Waals surface area contributed by atoms with Crippen LogP contribution in [0.5, 0.6) is 0 Å². The number of Topliss-reactive ketones (excluding diaryl/α,β-unsaturated/α-hetero) is 1. The molecule has 0 bridgehead atoms. The van der Waals surface area contributed by atoms with Crippen LogP contribution < -0.4 is 16.0 Å². The lowest BCUT2D eigenvalue weighted by Crippen LogP contribution is -2.48.